The Morgan fingerprint density at radius 2 is 2.18 bits per heavy atom. The zero-order chi connectivity index (χ0) is 12.3. The topological polar surface area (TPSA) is 81.3 Å². The second kappa shape index (κ2) is 4.78. The number of rotatable bonds is 4. The SMILES string of the molecule is Cc1cn(CC/C(N)=N/N=[NH2+])c2ccccc12. The van der Waals surface area contributed by atoms with E-state index < -0.39 is 0 Å². The number of aryl methyl sites for hydroxylation is 2. The molecule has 0 unspecified atom stereocenters. The summed E-state index contributed by atoms with van der Waals surface area (Å²) in [4.78, 5) is 0. The number of nitrogens with two attached hydrogens (primary N) is 2. The molecule has 0 bridgehead atoms. The highest BCUT2D eigenvalue weighted by Gasteiger charge is 2.06. The maximum atomic E-state index is 5.65. The molecule has 5 nitrogen and oxygen atoms in total. The van der Waals surface area contributed by atoms with E-state index in [2.05, 4.69) is 40.1 Å². The molecule has 1 aromatic carbocycles. The summed E-state index contributed by atoms with van der Waals surface area (Å²) in [5, 5.41) is 8.05. The number of nitrogens with zero attached hydrogens (tertiary/aromatic N) is 3. The number of hydrogen-bond donors (Lipinski definition) is 2. The first-order chi connectivity index (χ1) is 8.22. The van der Waals surface area contributed by atoms with Crippen LogP contribution in [-0.4, -0.2) is 10.4 Å². The van der Waals surface area contributed by atoms with Crippen molar-refractivity contribution in [2.45, 2.75) is 19.9 Å². The van der Waals surface area contributed by atoms with Crippen LogP contribution >= 0.6 is 0 Å². The molecule has 0 radical (unpaired) electrons. The van der Waals surface area contributed by atoms with Crippen LogP contribution in [0.3, 0.4) is 0 Å². The number of hydrogen-bond acceptors (Lipinski definition) is 1. The van der Waals surface area contributed by atoms with Crippen molar-refractivity contribution in [2.24, 2.45) is 16.1 Å². The molecule has 0 aliphatic rings. The van der Waals surface area contributed by atoms with Gasteiger partial charge >= 0.3 is 0 Å². The van der Waals surface area contributed by atoms with Crippen LogP contribution in [0.15, 0.2) is 40.8 Å². The third-order valence-corrected chi connectivity index (χ3v) is 2.78. The zero-order valence-electron chi connectivity index (χ0n) is 9.80. The van der Waals surface area contributed by atoms with E-state index in [4.69, 9.17) is 11.3 Å². The monoisotopic (exact) mass is 230 g/mol. The highest BCUT2D eigenvalue weighted by Crippen LogP contribution is 2.20. The van der Waals surface area contributed by atoms with Gasteiger partial charge in [0.25, 0.3) is 0 Å². The maximum Gasteiger partial charge on any atom is 0.244 e. The molecule has 0 amide bonds. The first kappa shape index (κ1) is 11.3. The number of aromatic nitrogens is 1. The van der Waals surface area contributed by atoms with Crippen LogP contribution in [-0.2, 0) is 6.54 Å². The van der Waals surface area contributed by atoms with Crippen molar-refractivity contribution in [2.75, 3.05) is 0 Å². The Morgan fingerprint density at radius 1 is 1.41 bits per heavy atom. The van der Waals surface area contributed by atoms with Crippen LogP contribution in [0.4, 0.5) is 0 Å². The maximum absolute atomic E-state index is 5.65. The lowest BCUT2D eigenvalue weighted by molar-refractivity contribution is -0.221. The minimum absolute atomic E-state index is 0.447. The molecule has 1 aromatic heterocycles. The molecular weight excluding hydrogens is 214 g/mol. The average Bonchev–Trinajstić information content (AvgIpc) is 2.65. The summed E-state index contributed by atoms with van der Waals surface area (Å²) in [5.74, 6) is 0.447. The Hall–Kier alpha value is -2.17. The molecule has 0 atom stereocenters. The number of benzene rings is 1. The van der Waals surface area contributed by atoms with Gasteiger partial charge in [-0.3, -0.25) is 0 Å². The molecule has 0 fully saturated rings. The van der Waals surface area contributed by atoms with E-state index in [1.165, 1.54) is 16.5 Å². The fourth-order valence-electron chi connectivity index (χ4n) is 1.97. The van der Waals surface area contributed by atoms with Crippen molar-refractivity contribution in [1.82, 2.24) is 4.57 Å². The number of amidine groups is 1. The Labute approximate surface area is 99.4 Å². The Kier molecular flexibility index (Phi) is 3.18. The summed E-state index contributed by atoms with van der Waals surface area (Å²) in [6.07, 6.45) is 2.76. The lowest BCUT2D eigenvalue weighted by Gasteiger charge is -2.02. The molecule has 0 aliphatic carbocycles. The van der Waals surface area contributed by atoms with Gasteiger partial charge in [-0.1, -0.05) is 18.2 Å². The van der Waals surface area contributed by atoms with Crippen LogP contribution in [0.25, 0.3) is 10.9 Å². The van der Waals surface area contributed by atoms with Crippen LogP contribution in [0, 0.1) is 6.92 Å². The fraction of sp³-hybridized carbons (Fsp3) is 0.250. The van der Waals surface area contributed by atoms with Crippen molar-refractivity contribution >= 4 is 16.7 Å². The molecule has 0 saturated heterocycles. The number of para-hydroxylation sites is 1. The molecule has 1 heterocycles. The average molecular weight is 230 g/mol. The molecule has 0 aliphatic heterocycles. The lowest BCUT2D eigenvalue weighted by Crippen LogP contribution is -2.24. The second-order valence-corrected chi connectivity index (χ2v) is 3.98. The summed E-state index contributed by atoms with van der Waals surface area (Å²) in [7, 11) is 0. The molecule has 0 saturated carbocycles. The van der Waals surface area contributed by atoms with E-state index in [1.54, 1.807) is 0 Å². The smallest absolute Gasteiger partial charge is 0.244 e. The van der Waals surface area contributed by atoms with Crippen molar-refractivity contribution in [3.05, 3.63) is 36.0 Å². The second-order valence-electron chi connectivity index (χ2n) is 3.98. The largest absolute Gasteiger partial charge is 0.364 e. The van der Waals surface area contributed by atoms with Gasteiger partial charge in [-0.05, 0) is 18.6 Å². The van der Waals surface area contributed by atoms with Crippen LogP contribution in [0.5, 0.6) is 0 Å². The van der Waals surface area contributed by atoms with E-state index >= 15 is 0 Å². The van der Waals surface area contributed by atoms with Crippen molar-refractivity contribution in [1.29, 1.82) is 0 Å². The van der Waals surface area contributed by atoms with Crippen molar-refractivity contribution < 1.29 is 5.53 Å². The first-order valence-electron chi connectivity index (χ1n) is 5.49. The van der Waals surface area contributed by atoms with Gasteiger partial charge < -0.3 is 10.3 Å². The fourth-order valence-corrected chi connectivity index (χ4v) is 1.97. The normalized spacial score (nSPS) is 11.9. The molecule has 88 valence electrons. The summed E-state index contributed by atoms with van der Waals surface area (Å²) in [5.41, 5.74) is 13.1. The zero-order valence-corrected chi connectivity index (χ0v) is 9.80. The van der Waals surface area contributed by atoms with E-state index in [1.807, 2.05) is 12.1 Å². The third-order valence-electron chi connectivity index (χ3n) is 2.78. The Morgan fingerprint density at radius 3 is 2.94 bits per heavy atom. The predicted molar refractivity (Wildman–Crippen MR) is 67.3 cm³/mol. The van der Waals surface area contributed by atoms with Crippen molar-refractivity contribution in [3.63, 3.8) is 0 Å². The highest BCUT2D eigenvalue weighted by molar-refractivity contribution is 5.84. The van der Waals surface area contributed by atoms with E-state index in [0.29, 0.717) is 12.3 Å². The summed E-state index contributed by atoms with van der Waals surface area (Å²) in [6.45, 7) is 2.88. The predicted octanol–water partition coefficient (Wildman–Crippen LogP) is 0.823. The van der Waals surface area contributed by atoms with Crippen molar-refractivity contribution in [3.8, 4) is 0 Å². The van der Waals surface area contributed by atoms with Gasteiger partial charge in [-0.2, -0.15) is 5.53 Å². The number of fused-ring (bicyclic) bond motifs is 1. The van der Waals surface area contributed by atoms with E-state index in [9.17, 15) is 0 Å². The Bertz CT molecular complexity index is 567. The van der Waals surface area contributed by atoms with Gasteiger partial charge in [0, 0.05) is 23.6 Å². The van der Waals surface area contributed by atoms with Crippen LogP contribution in [0.2, 0.25) is 0 Å². The quantitative estimate of drug-likeness (QED) is 0.347. The summed E-state index contributed by atoms with van der Waals surface area (Å²) in [6, 6.07) is 8.30. The van der Waals surface area contributed by atoms with E-state index in [-0.39, 0.29) is 0 Å². The minimum Gasteiger partial charge on any atom is -0.364 e. The van der Waals surface area contributed by atoms with E-state index in [0.717, 1.165) is 6.54 Å². The molecule has 4 N–H and O–H groups in total. The van der Waals surface area contributed by atoms with Gasteiger partial charge in [-0.25, -0.2) is 0 Å². The van der Waals surface area contributed by atoms with Gasteiger partial charge in [0.1, 0.15) is 5.22 Å². The van der Waals surface area contributed by atoms with Crippen LogP contribution < -0.4 is 11.3 Å². The van der Waals surface area contributed by atoms with Gasteiger partial charge in [0.2, 0.25) is 5.84 Å². The molecule has 5 heteroatoms. The molecule has 2 aromatic rings. The first-order valence-corrected chi connectivity index (χ1v) is 5.49. The third kappa shape index (κ3) is 2.33. The summed E-state index contributed by atoms with van der Waals surface area (Å²) < 4.78 is 2.17. The van der Waals surface area contributed by atoms with Gasteiger partial charge in [0.15, 0.2) is 0 Å². The molecule has 0 spiro atoms. The molecule has 2 rings (SSSR count). The Balaban J connectivity index is 2.25. The standard InChI is InChI=1S/C12H15N5/c1-9-8-17(7-6-12(13)15-16-14)11-5-3-2-4-10(9)11/h2-5,8H,6-7H2,1H3,(H3,13,14,15)/p+1. The van der Waals surface area contributed by atoms with Gasteiger partial charge in [0.05, 0.1) is 11.5 Å². The lowest BCUT2D eigenvalue weighted by atomic mass is 10.2. The van der Waals surface area contributed by atoms with Crippen LogP contribution in [0.1, 0.15) is 12.0 Å². The summed E-state index contributed by atoms with van der Waals surface area (Å²) >= 11 is 0. The highest BCUT2D eigenvalue weighted by atomic mass is 15.3. The molecule has 17 heavy (non-hydrogen) atoms. The minimum atomic E-state index is 0.447. The molecular formula is C12H16N5+. The van der Waals surface area contributed by atoms with Gasteiger partial charge in [-0.15, -0.1) is 0 Å².